The summed E-state index contributed by atoms with van der Waals surface area (Å²) in [6, 6.07) is 11.8. The number of benzene rings is 1. The molecule has 0 saturated heterocycles. The lowest BCUT2D eigenvalue weighted by molar-refractivity contribution is -0.145. The Kier molecular flexibility index (Phi) is 5.41. The van der Waals surface area contributed by atoms with E-state index >= 15 is 0 Å². The highest BCUT2D eigenvalue weighted by Gasteiger charge is 2.19. The molecule has 1 aromatic carbocycles. The van der Waals surface area contributed by atoms with E-state index in [0.717, 1.165) is 28.1 Å². The van der Waals surface area contributed by atoms with Gasteiger partial charge in [0.25, 0.3) is 0 Å². The number of carbonyl (C=O) groups is 1. The Labute approximate surface area is 152 Å². The first kappa shape index (κ1) is 17.8. The van der Waals surface area contributed by atoms with Gasteiger partial charge in [0.05, 0.1) is 12.3 Å². The molecule has 0 atom stereocenters. The van der Waals surface area contributed by atoms with E-state index in [4.69, 9.17) is 4.74 Å². The van der Waals surface area contributed by atoms with Crippen molar-refractivity contribution in [3.63, 3.8) is 0 Å². The average Bonchev–Trinajstić information content (AvgIpc) is 3.04. The lowest BCUT2D eigenvalue weighted by Crippen LogP contribution is -2.17. The molecule has 134 valence electrons. The van der Waals surface area contributed by atoms with Crippen LogP contribution in [0, 0.1) is 12.8 Å². The first-order valence-electron chi connectivity index (χ1n) is 8.61. The van der Waals surface area contributed by atoms with Gasteiger partial charge in [-0.15, -0.1) is 5.10 Å². The van der Waals surface area contributed by atoms with Crippen molar-refractivity contribution in [1.82, 2.24) is 20.0 Å². The van der Waals surface area contributed by atoms with Gasteiger partial charge in [-0.1, -0.05) is 42.8 Å². The zero-order chi connectivity index (χ0) is 18.5. The fourth-order valence-electron chi connectivity index (χ4n) is 2.63. The topological polar surface area (TPSA) is 69.9 Å². The summed E-state index contributed by atoms with van der Waals surface area (Å²) < 4.78 is 6.90. The summed E-state index contributed by atoms with van der Waals surface area (Å²) in [5.41, 5.74) is 4.49. The fourth-order valence-corrected chi connectivity index (χ4v) is 2.63. The van der Waals surface area contributed by atoms with Crippen molar-refractivity contribution in [2.75, 3.05) is 6.61 Å². The second-order valence-corrected chi connectivity index (χ2v) is 6.63. The molecule has 3 rings (SSSR count). The highest BCUT2D eigenvalue weighted by molar-refractivity contribution is 5.79. The highest BCUT2D eigenvalue weighted by Crippen LogP contribution is 2.30. The number of esters is 1. The number of hydrogen-bond acceptors (Lipinski definition) is 5. The van der Waals surface area contributed by atoms with Crippen molar-refractivity contribution in [3.05, 3.63) is 54.4 Å². The Morgan fingerprint density at radius 1 is 1.15 bits per heavy atom. The lowest BCUT2D eigenvalue weighted by atomic mass is 10.0. The quantitative estimate of drug-likeness (QED) is 0.636. The molecule has 0 spiro atoms. The van der Waals surface area contributed by atoms with Crippen molar-refractivity contribution in [1.29, 1.82) is 0 Å². The molecule has 0 radical (unpaired) electrons. The van der Waals surface area contributed by atoms with Gasteiger partial charge in [0.15, 0.2) is 0 Å². The normalized spacial score (nSPS) is 10.9. The minimum absolute atomic E-state index is 0.0219. The van der Waals surface area contributed by atoms with E-state index in [1.54, 1.807) is 17.1 Å². The summed E-state index contributed by atoms with van der Waals surface area (Å²) in [6.45, 7) is 6.45. The number of aryl methyl sites for hydroxylation is 1. The molecule has 0 unspecified atom stereocenters. The predicted molar refractivity (Wildman–Crippen MR) is 99.2 cm³/mol. The number of carbonyl (C=O) groups excluding carboxylic acids is 1. The van der Waals surface area contributed by atoms with Crippen molar-refractivity contribution in [3.8, 4) is 22.5 Å². The SMILES string of the molecule is Cc1cccc(-c2c(-c3ccncc3)nnn2CC(=O)OCC(C)C)c1. The van der Waals surface area contributed by atoms with E-state index in [1.165, 1.54) is 0 Å². The van der Waals surface area contributed by atoms with Crippen molar-refractivity contribution in [2.45, 2.75) is 27.3 Å². The van der Waals surface area contributed by atoms with Crippen LogP contribution in [0.1, 0.15) is 19.4 Å². The molecule has 0 aliphatic heterocycles. The van der Waals surface area contributed by atoms with Gasteiger partial charge in [-0.25, -0.2) is 4.68 Å². The maximum atomic E-state index is 12.2. The van der Waals surface area contributed by atoms with Crippen LogP contribution in [0.3, 0.4) is 0 Å². The maximum absolute atomic E-state index is 12.2. The van der Waals surface area contributed by atoms with Gasteiger partial charge in [-0.3, -0.25) is 9.78 Å². The maximum Gasteiger partial charge on any atom is 0.327 e. The van der Waals surface area contributed by atoms with Crippen molar-refractivity contribution < 1.29 is 9.53 Å². The van der Waals surface area contributed by atoms with Gasteiger partial charge in [0, 0.05) is 23.5 Å². The Morgan fingerprint density at radius 2 is 1.92 bits per heavy atom. The van der Waals surface area contributed by atoms with E-state index in [-0.39, 0.29) is 12.5 Å². The molecule has 2 heterocycles. The number of rotatable bonds is 6. The summed E-state index contributed by atoms with van der Waals surface area (Å²) in [4.78, 5) is 16.2. The fraction of sp³-hybridized carbons (Fsp3) is 0.300. The van der Waals surface area contributed by atoms with Gasteiger partial charge < -0.3 is 4.74 Å². The number of ether oxygens (including phenoxy) is 1. The number of aromatic nitrogens is 4. The summed E-state index contributed by atoms with van der Waals surface area (Å²) in [6.07, 6.45) is 3.43. The zero-order valence-electron chi connectivity index (χ0n) is 15.2. The second kappa shape index (κ2) is 7.91. The van der Waals surface area contributed by atoms with Crippen LogP contribution >= 0.6 is 0 Å². The zero-order valence-corrected chi connectivity index (χ0v) is 15.2. The van der Waals surface area contributed by atoms with E-state index < -0.39 is 0 Å². The molecule has 0 fully saturated rings. The third kappa shape index (κ3) is 4.14. The van der Waals surface area contributed by atoms with Gasteiger partial charge >= 0.3 is 5.97 Å². The van der Waals surface area contributed by atoms with Gasteiger partial charge in [0.2, 0.25) is 0 Å². The molecule has 0 N–H and O–H groups in total. The monoisotopic (exact) mass is 350 g/mol. The summed E-state index contributed by atoms with van der Waals surface area (Å²) >= 11 is 0. The molecular weight excluding hydrogens is 328 g/mol. The standard InChI is InChI=1S/C20H22N4O2/c1-14(2)13-26-18(25)12-24-20(17-6-4-5-15(3)11-17)19(22-23-24)16-7-9-21-10-8-16/h4-11,14H,12-13H2,1-3H3. The molecule has 6 nitrogen and oxygen atoms in total. The summed E-state index contributed by atoms with van der Waals surface area (Å²) in [5.74, 6) is -0.0305. The molecule has 0 saturated carbocycles. The van der Waals surface area contributed by atoms with E-state index in [1.807, 2.05) is 51.1 Å². The Hall–Kier alpha value is -3.02. The van der Waals surface area contributed by atoms with Crippen LogP contribution < -0.4 is 0 Å². The Bertz CT molecular complexity index is 888. The van der Waals surface area contributed by atoms with Crippen molar-refractivity contribution >= 4 is 5.97 Å². The van der Waals surface area contributed by atoms with Crippen LogP contribution in [0.25, 0.3) is 22.5 Å². The lowest BCUT2D eigenvalue weighted by Gasteiger charge is -2.10. The van der Waals surface area contributed by atoms with E-state index in [2.05, 4.69) is 21.4 Å². The van der Waals surface area contributed by atoms with Gasteiger partial charge in [-0.2, -0.15) is 0 Å². The Balaban J connectivity index is 2.00. The molecule has 6 heteroatoms. The number of hydrogen-bond donors (Lipinski definition) is 0. The third-order valence-corrected chi connectivity index (χ3v) is 3.84. The first-order chi connectivity index (χ1) is 12.5. The van der Waals surface area contributed by atoms with E-state index in [9.17, 15) is 4.79 Å². The molecule has 0 bridgehead atoms. The van der Waals surface area contributed by atoms with Crippen LogP contribution in [0.2, 0.25) is 0 Å². The van der Waals surface area contributed by atoms with Gasteiger partial charge in [0.1, 0.15) is 12.2 Å². The Morgan fingerprint density at radius 3 is 2.62 bits per heavy atom. The molecule has 0 aliphatic carbocycles. The molecular formula is C20H22N4O2. The second-order valence-electron chi connectivity index (χ2n) is 6.63. The highest BCUT2D eigenvalue weighted by atomic mass is 16.5. The average molecular weight is 350 g/mol. The van der Waals surface area contributed by atoms with Crippen molar-refractivity contribution in [2.24, 2.45) is 5.92 Å². The number of nitrogens with zero attached hydrogens (tertiary/aromatic N) is 4. The third-order valence-electron chi connectivity index (χ3n) is 3.84. The minimum atomic E-state index is -0.321. The molecule has 3 aromatic rings. The van der Waals surface area contributed by atoms with Crippen LogP contribution in [0.4, 0.5) is 0 Å². The van der Waals surface area contributed by atoms with E-state index in [0.29, 0.717) is 12.5 Å². The molecule has 0 aliphatic rings. The largest absolute Gasteiger partial charge is 0.464 e. The predicted octanol–water partition coefficient (Wildman–Crippen LogP) is 3.51. The molecule has 0 amide bonds. The number of pyridine rings is 1. The molecule has 2 aromatic heterocycles. The van der Waals surface area contributed by atoms with Crippen LogP contribution in [-0.2, 0) is 16.1 Å². The van der Waals surface area contributed by atoms with Gasteiger partial charge in [-0.05, 0) is 31.0 Å². The smallest absolute Gasteiger partial charge is 0.327 e. The molecule has 26 heavy (non-hydrogen) atoms. The summed E-state index contributed by atoms with van der Waals surface area (Å²) in [7, 11) is 0. The summed E-state index contributed by atoms with van der Waals surface area (Å²) in [5, 5.41) is 8.53. The van der Waals surface area contributed by atoms with Crippen LogP contribution in [0.15, 0.2) is 48.8 Å². The van der Waals surface area contributed by atoms with Crippen LogP contribution in [0.5, 0.6) is 0 Å². The first-order valence-corrected chi connectivity index (χ1v) is 8.61. The minimum Gasteiger partial charge on any atom is -0.464 e. The van der Waals surface area contributed by atoms with Crippen LogP contribution in [-0.4, -0.2) is 32.6 Å².